The smallest absolute Gasteiger partial charge is 0.326 e. The van der Waals surface area contributed by atoms with Crippen LogP contribution in [0.5, 0.6) is 0 Å². The maximum atomic E-state index is 13.4. The number of para-hydroxylation sites is 1. The minimum absolute atomic E-state index is 0.0203. The average molecular weight is 588 g/mol. The second-order valence-electron chi connectivity index (χ2n) is 10.6. The molecule has 4 unspecified atom stereocenters. The number of hydrogen-bond donors (Lipinski definition) is 9. The van der Waals surface area contributed by atoms with Crippen molar-refractivity contribution in [3.63, 3.8) is 0 Å². The molecule has 1 heterocycles. The van der Waals surface area contributed by atoms with Crippen LogP contribution >= 0.6 is 0 Å². The molecule has 2 rings (SSSR count). The lowest BCUT2D eigenvalue weighted by molar-refractivity contribution is -0.142. The second-order valence-corrected chi connectivity index (χ2v) is 10.6. The Morgan fingerprint density at radius 3 is 2.26 bits per heavy atom. The first-order valence-corrected chi connectivity index (χ1v) is 14.1. The van der Waals surface area contributed by atoms with E-state index in [4.69, 9.17) is 22.9 Å². The van der Waals surface area contributed by atoms with Crippen molar-refractivity contribution < 1.29 is 24.3 Å². The predicted octanol–water partition coefficient (Wildman–Crippen LogP) is -0.585. The van der Waals surface area contributed by atoms with Crippen molar-refractivity contribution in [3.05, 3.63) is 36.0 Å². The van der Waals surface area contributed by atoms with Crippen LogP contribution in [-0.4, -0.2) is 77.0 Å². The van der Waals surface area contributed by atoms with Crippen molar-refractivity contribution in [2.75, 3.05) is 13.1 Å². The molecule has 0 aliphatic carbocycles. The van der Waals surface area contributed by atoms with Gasteiger partial charge in [-0.2, -0.15) is 0 Å². The summed E-state index contributed by atoms with van der Waals surface area (Å²) in [6, 6.07) is 3.25. The normalized spacial score (nSPS) is 14.0. The Balaban J connectivity index is 2.17. The van der Waals surface area contributed by atoms with E-state index in [-0.39, 0.29) is 31.3 Å². The standard InChI is InChI=1S/C28H45N9O5/c1-16(2)23(37-24(38)19(30)9-5-6-12-29)26(40)35-21(11-7-13-33-28(31)32)25(39)36-22(27(41)42)14-17-15-34-20-10-4-3-8-18(17)20/h3-4,8,10,15-16,19,21-23,34H,5-7,9,11-14,29-30H2,1-2H3,(H,35,40)(H,36,39)(H,37,38)(H,41,42)(H4,31,32,33). The van der Waals surface area contributed by atoms with Crippen LogP contribution in [0.1, 0.15) is 51.5 Å². The van der Waals surface area contributed by atoms with Crippen LogP contribution in [0.3, 0.4) is 0 Å². The highest BCUT2D eigenvalue weighted by Crippen LogP contribution is 2.19. The second kappa shape index (κ2) is 16.9. The van der Waals surface area contributed by atoms with Gasteiger partial charge in [0.2, 0.25) is 17.7 Å². The summed E-state index contributed by atoms with van der Waals surface area (Å²) in [5.41, 5.74) is 23.8. The van der Waals surface area contributed by atoms with Gasteiger partial charge in [0.1, 0.15) is 18.1 Å². The molecule has 2 aromatic rings. The first-order chi connectivity index (χ1) is 19.9. The van der Waals surface area contributed by atoms with E-state index in [1.165, 1.54) is 0 Å². The number of aromatic amines is 1. The summed E-state index contributed by atoms with van der Waals surface area (Å²) in [7, 11) is 0. The minimum atomic E-state index is -1.26. The molecule has 0 aliphatic heterocycles. The molecule has 14 heteroatoms. The summed E-state index contributed by atoms with van der Waals surface area (Å²) in [6.45, 7) is 4.18. The molecule has 3 amide bonds. The number of nitrogens with one attached hydrogen (secondary N) is 4. The predicted molar refractivity (Wildman–Crippen MR) is 161 cm³/mol. The fourth-order valence-corrected chi connectivity index (χ4v) is 4.46. The topological polar surface area (TPSA) is 257 Å². The van der Waals surface area contributed by atoms with Crippen LogP contribution < -0.4 is 38.9 Å². The molecule has 232 valence electrons. The number of H-pyrrole nitrogens is 1. The maximum absolute atomic E-state index is 13.4. The van der Waals surface area contributed by atoms with Crippen molar-refractivity contribution in [2.24, 2.45) is 33.8 Å². The highest BCUT2D eigenvalue weighted by Gasteiger charge is 2.31. The molecular weight excluding hydrogens is 542 g/mol. The Kier molecular flexibility index (Phi) is 13.7. The Bertz CT molecular complexity index is 1230. The number of carboxylic acid groups (broad SMARTS) is 1. The van der Waals surface area contributed by atoms with E-state index in [9.17, 15) is 24.3 Å². The Morgan fingerprint density at radius 1 is 0.929 bits per heavy atom. The van der Waals surface area contributed by atoms with Crippen LogP contribution in [-0.2, 0) is 25.6 Å². The third-order valence-corrected chi connectivity index (χ3v) is 6.84. The van der Waals surface area contributed by atoms with Gasteiger partial charge in [0.05, 0.1) is 6.04 Å². The number of carbonyl (C=O) groups is 4. The zero-order valence-electron chi connectivity index (χ0n) is 24.3. The summed E-state index contributed by atoms with van der Waals surface area (Å²) in [5.74, 6) is -3.45. The Labute approximate surface area is 245 Å². The number of carboxylic acids is 1. The van der Waals surface area contributed by atoms with Gasteiger partial charge in [-0.1, -0.05) is 38.5 Å². The zero-order chi connectivity index (χ0) is 31.2. The molecule has 14 nitrogen and oxygen atoms in total. The lowest BCUT2D eigenvalue weighted by Crippen LogP contribution is -2.58. The van der Waals surface area contributed by atoms with E-state index in [1.54, 1.807) is 20.0 Å². The van der Waals surface area contributed by atoms with E-state index in [2.05, 4.69) is 25.9 Å². The van der Waals surface area contributed by atoms with Gasteiger partial charge in [-0.25, -0.2) is 4.79 Å². The van der Waals surface area contributed by atoms with Gasteiger partial charge in [0.15, 0.2) is 5.96 Å². The molecule has 13 N–H and O–H groups in total. The van der Waals surface area contributed by atoms with E-state index in [0.717, 1.165) is 22.9 Å². The van der Waals surface area contributed by atoms with Gasteiger partial charge in [-0.3, -0.25) is 19.4 Å². The van der Waals surface area contributed by atoms with Gasteiger partial charge >= 0.3 is 5.97 Å². The van der Waals surface area contributed by atoms with Crippen LogP contribution in [0.25, 0.3) is 10.9 Å². The monoisotopic (exact) mass is 587 g/mol. The van der Waals surface area contributed by atoms with Gasteiger partial charge in [0.25, 0.3) is 0 Å². The third kappa shape index (κ3) is 10.7. The number of rotatable bonds is 18. The molecule has 1 aromatic heterocycles. The van der Waals surface area contributed by atoms with E-state index in [1.807, 2.05) is 24.3 Å². The summed E-state index contributed by atoms with van der Waals surface area (Å²) >= 11 is 0. The Morgan fingerprint density at radius 2 is 1.62 bits per heavy atom. The molecule has 0 fully saturated rings. The minimum Gasteiger partial charge on any atom is -0.480 e. The van der Waals surface area contributed by atoms with Crippen molar-refractivity contribution >= 4 is 40.6 Å². The van der Waals surface area contributed by atoms with Gasteiger partial charge in [-0.15, -0.1) is 0 Å². The summed E-state index contributed by atoms with van der Waals surface area (Å²) in [6.07, 6.45) is 3.98. The number of amides is 3. The molecule has 1 aromatic carbocycles. The first kappa shape index (κ1) is 34.0. The molecule has 4 atom stereocenters. The van der Waals surface area contributed by atoms with Gasteiger partial charge in [0, 0.05) is 30.1 Å². The number of aliphatic imine (C=N–C) groups is 1. The molecule has 0 aliphatic rings. The van der Waals surface area contributed by atoms with Gasteiger partial charge in [-0.05, 0) is 49.8 Å². The van der Waals surface area contributed by atoms with E-state index < -0.39 is 47.9 Å². The van der Waals surface area contributed by atoms with Crippen LogP contribution in [0.4, 0.5) is 0 Å². The molecule has 42 heavy (non-hydrogen) atoms. The Hall–Kier alpha value is -4.17. The lowest BCUT2D eigenvalue weighted by Gasteiger charge is -2.27. The SMILES string of the molecule is CC(C)C(NC(=O)C(N)CCCCN)C(=O)NC(CCCN=C(N)N)C(=O)NC(Cc1c[nH]c2ccccc12)C(=O)O. The largest absolute Gasteiger partial charge is 0.480 e. The number of hydrogen-bond acceptors (Lipinski definition) is 7. The van der Waals surface area contributed by atoms with Gasteiger partial charge < -0.3 is 49.0 Å². The van der Waals surface area contributed by atoms with Crippen LogP contribution in [0.15, 0.2) is 35.5 Å². The number of unbranched alkanes of at least 4 members (excludes halogenated alkanes) is 1. The molecule has 0 saturated carbocycles. The summed E-state index contributed by atoms with van der Waals surface area (Å²) < 4.78 is 0. The zero-order valence-corrected chi connectivity index (χ0v) is 24.3. The number of nitrogens with zero attached hydrogens (tertiary/aromatic N) is 1. The van der Waals surface area contributed by atoms with Crippen molar-refractivity contribution in [1.29, 1.82) is 0 Å². The highest BCUT2D eigenvalue weighted by atomic mass is 16.4. The number of aliphatic carboxylic acids is 1. The number of nitrogens with two attached hydrogens (primary N) is 4. The number of aromatic nitrogens is 1. The lowest BCUT2D eigenvalue weighted by atomic mass is 10.0. The van der Waals surface area contributed by atoms with Crippen molar-refractivity contribution in [2.45, 2.75) is 76.5 Å². The number of fused-ring (bicyclic) bond motifs is 1. The molecular formula is C28H45N9O5. The number of carbonyl (C=O) groups excluding carboxylic acids is 3. The summed E-state index contributed by atoms with van der Waals surface area (Å²) in [4.78, 5) is 58.5. The van der Waals surface area contributed by atoms with E-state index in [0.29, 0.717) is 25.8 Å². The van der Waals surface area contributed by atoms with Crippen LogP contribution in [0, 0.1) is 5.92 Å². The van der Waals surface area contributed by atoms with Crippen molar-refractivity contribution in [3.8, 4) is 0 Å². The molecule has 0 bridgehead atoms. The maximum Gasteiger partial charge on any atom is 0.326 e. The molecule has 0 saturated heterocycles. The van der Waals surface area contributed by atoms with E-state index >= 15 is 0 Å². The summed E-state index contributed by atoms with van der Waals surface area (Å²) in [5, 5.41) is 18.7. The van der Waals surface area contributed by atoms with Crippen LogP contribution in [0.2, 0.25) is 0 Å². The highest BCUT2D eigenvalue weighted by molar-refractivity contribution is 5.94. The third-order valence-electron chi connectivity index (χ3n) is 6.84. The fourth-order valence-electron chi connectivity index (χ4n) is 4.46. The quantitative estimate of drug-likeness (QED) is 0.0613. The fraction of sp³-hybridized carbons (Fsp3) is 0.536. The average Bonchev–Trinajstić information content (AvgIpc) is 3.35. The molecule has 0 spiro atoms. The number of benzene rings is 1. The first-order valence-electron chi connectivity index (χ1n) is 14.1. The van der Waals surface area contributed by atoms with Crippen molar-refractivity contribution in [1.82, 2.24) is 20.9 Å². The number of guanidine groups is 1. The molecule has 0 radical (unpaired) electrons.